The second-order valence-corrected chi connectivity index (χ2v) is 29.9. The number of aryl methyl sites for hydroxylation is 3. The van der Waals surface area contributed by atoms with Crippen molar-refractivity contribution in [3.8, 4) is 0 Å². The molecule has 107 heavy (non-hydrogen) atoms. The number of carbonyl (C=O) groups excluding carboxylic acids is 6. The van der Waals surface area contributed by atoms with Crippen LogP contribution in [0.15, 0.2) is 112 Å². The van der Waals surface area contributed by atoms with E-state index in [1.807, 2.05) is 32.9 Å². The zero-order chi connectivity index (χ0) is 103. The van der Waals surface area contributed by atoms with E-state index >= 15 is 0 Å². The SMILES string of the molecule is [2H]C1([2H])CC2=C(Cc3c(C)cc(Cl)cc32)C(C(N)=O)C1([2H])[2H].[2H]C1([2H])CC2=C(Cc3cc(C)c(Cl)cc32)C(C(N)=O)C1([2H])[2H].[2H]c1c(C)c(Cl)c([2H])c2c1CC1=C2C([2H])([2H])C([2H])([2H])CC1([2H])C(N)=O.[2H]c1c(C)c(Cl)cc2c1CC1=C2CC([2H])([2H])C([2H])([2H])C1C(N)=O.[2H]c1c(Cl)cc(C)c2c1C1=C(C2)C(C(N)=O)C([2H])([2H])C([2H])([2H])C1.[2H]c1c(Cl)ccc2c1C1=C(C2)C(C(N)=O)C([2H])([2H])C([2H])([2H])C1. The van der Waals surface area contributed by atoms with Gasteiger partial charge in [-0.15, -0.1) is 0 Å². The van der Waals surface area contributed by atoms with Crippen LogP contribution < -0.4 is 34.4 Å². The van der Waals surface area contributed by atoms with E-state index in [0.717, 1.165) is 50.1 Å². The van der Waals surface area contributed by atoms with Crippen LogP contribution in [0.25, 0.3) is 33.4 Å². The number of nitrogens with two attached hydrogens (primary N) is 6. The van der Waals surface area contributed by atoms with Gasteiger partial charge in [-0.05, 0) is 404 Å². The number of amides is 6. The highest BCUT2D eigenvalue weighted by Gasteiger charge is 2.40. The molecule has 0 radical (unpaired) electrons. The van der Waals surface area contributed by atoms with Gasteiger partial charge >= 0.3 is 0 Å². The molecule has 12 aliphatic rings. The van der Waals surface area contributed by atoms with Gasteiger partial charge in [0.25, 0.3) is 0 Å². The highest BCUT2D eigenvalue weighted by molar-refractivity contribution is 6.33. The van der Waals surface area contributed by atoms with Crippen LogP contribution in [0, 0.1) is 70.1 Å². The standard InChI is InChI=1S/5C15H16ClNO.C14H14ClNO/c3*1-8-5-9-6-13-10(12(9)7-14(8)16)3-2-4-11(13)15(17)18;2*1-8-5-9(16)6-13-10-3-2-4-11(15(17)18)14(10)7-12(8)13;15-9-5-4-8-6-13-10(12(8)7-9)2-1-3-11(13)14(16)17/h3*5,7,11H,2-4,6H2,1H3,(H2,17,18);2*5-6,11H,2-4,7H2,1H3,(H2,17,18);4-5,7,11H,1-3,6H2,(H2,16,17)/i2D2,3D2,5D,7D,11D;2D2,4D2,5D;2D2,4D2;2D2,4D2,6D;2D2,4D2;1D2,3D2,7D. The normalized spacial score (nSPS) is 32.3. The molecule has 0 fully saturated rings. The van der Waals surface area contributed by atoms with Crippen LogP contribution in [0.5, 0.6) is 0 Å². The summed E-state index contributed by atoms with van der Waals surface area (Å²) >= 11 is 36.6. The van der Waals surface area contributed by atoms with E-state index < -0.39 is 154 Å². The number of benzene rings is 6. The first-order chi connectivity index (χ1) is 62.4. The van der Waals surface area contributed by atoms with Crippen molar-refractivity contribution in [3.05, 3.63) is 237 Å². The summed E-state index contributed by atoms with van der Waals surface area (Å²) in [7, 11) is 0. The Kier molecular flexibility index (Phi) is 14.4. The van der Waals surface area contributed by atoms with E-state index in [-0.39, 0.29) is 112 Å². The van der Waals surface area contributed by atoms with Crippen molar-refractivity contribution >= 4 is 138 Å². The van der Waals surface area contributed by atoms with Crippen molar-refractivity contribution in [2.24, 2.45) is 69.9 Å². The van der Waals surface area contributed by atoms with E-state index in [2.05, 4.69) is 0 Å². The van der Waals surface area contributed by atoms with Crippen LogP contribution in [0.1, 0.15) is 251 Å². The van der Waals surface area contributed by atoms with Gasteiger partial charge in [-0.1, -0.05) is 93.8 Å². The van der Waals surface area contributed by atoms with Crippen molar-refractivity contribution in [1.82, 2.24) is 0 Å². The number of fused-ring (bicyclic) bond motifs is 12. The quantitative estimate of drug-likeness (QED) is 0.0944. The van der Waals surface area contributed by atoms with Crippen LogP contribution in [0.4, 0.5) is 0 Å². The maximum Gasteiger partial charge on any atom is 0.224 e. The lowest BCUT2D eigenvalue weighted by Crippen LogP contribution is -2.27. The minimum atomic E-state index is -2.55. The summed E-state index contributed by atoms with van der Waals surface area (Å²) in [6.07, 6.45) is -27.8. The lowest BCUT2D eigenvalue weighted by atomic mass is 9.82. The largest absolute Gasteiger partial charge is 0.369 e. The van der Waals surface area contributed by atoms with Gasteiger partial charge in [0.05, 0.1) is 42.3 Å². The molecule has 558 valence electrons. The Balaban J connectivity index is 0.000000139. The number of primary amides is 6. The van der Waals surface area contributed by atoms with Gasteiger partial charge in [0.1, 0.15) is 0 Å². The molecule has 0 aromatic heterocycles. The van der Waals surface area contributed by atoms with Gasteiger partial charge in [0.15, 0.2) is 0 Å². The molecule has 6 atom stereocenters. The Morgan fingerprint density at radius 3 is 1.23 bits per heavy atom. The first-order valence-electron chi connectivity index (χ1n) is 49.3. The average molecular weight is 1590 g/mol. The van der Waals surface area contributed by atoms with Gasteiger partial charge in [-0.25, -0.2) is 0 Å². The molecule has 0 spiro atoms. The summed E-state index contributed by atoms with van der Waals surface area (Å²) in [5, 5.41) is 2.03. The van der Waals surface area contributed by atoms with Gasteiger partial charge in [-0.2, -0.15) is 0 Å². The number of rotatable bonds is 6. The van der Waals surface area contributed by atoms with Crippen LogP contribution >= 0.6 is 69.6 Å². The third-order valence-corrected chi connectivity index (χ3v) is 22.6. The van der Waals surface area contributed by atoms with E-state index in [4.69, 9.17) is 145 Å². The number of hydrogen-bond acceptors (Lipinski definition) is 6. The van der Waals surface area contributed by atoms with Crippen molar-refractivity contribution in [1.29, 1.82) is 0 Å². The molecular formula is C89H94Cl6N6O6. The Labute approximate surface area is 700 Å². The number of allylic oxidation sites excluding steroid dienone is 6. The summed E-state index contributed by atoms with van der Waals surface area (Å²) in [6.45, 7) is 8.92. The zero-order valence-corrected chi connectivity index (χ0v) is 63.2. The molecule has 6 aromatic rings. The zero-order valence-electron chi connectivity index (χ0n) is 88.7. The third kappa shape index (κ3) is 15.7. The monoisotopic (exact) mass is 1580 g/mol. The molecule has 12 N–H and O–H groups in total. The number of halogens is 6. The van der Waals surface area contributed by atoms with Crippen molar-refractivity contribution < 1.29 is 69.9 Å². The van der Waals surface area contributed by atoms with Crippen LogP contribution in [-0.4, -0.2) is 35.4 Å². The van der Waals surface area contributed by atoms with Crippen molar-refractivity contribution in [2.75, 3.05) is 0 Å². The molecule has 6 aromatic carbocycles. The molecule has 6 unspecified atom stereocenters. The molecule has 18 rings (SSSR count). The van der Waals surface area contributed by atoms with Crippen molar-refractivity contribution in [2.45, 2.75) is 188 Å². The average Bonchev–Trinajstić information content (AvgIpc) is 1.54. The van der Waals surface area contributed by atoms with Crippen LogP contribution in [-0.2, 0) is 67.3 Å². The molecule has 0 aliphatic heterocycles. The Morgan fingerprint density at radius 2 is 0.729 bits per heavy atom. The summed E-state index contributed by atoms with van der Waals surface area (Å²) in [5.41, 5.74) is 49.3. The highest BCUT2D eigenvalue weighted by atomic mass is 35.5. The number of carbonyl (C=O) groups is 6. The maximum atomic E-state index is 12.0. The second-order valence-electron chi connectivity index (χ2n) is 27.5. The van der Waals surface area contributed by atoms with Crippen molar-refractivity contribution in [3.63, 3.8) is 0 Å². The van der Waals surface area contributed by atoms with Gasteiger partial charge in [-0.3, -0.25) is 28.8 Å². The highest BCUT2D eigenvalue weighted by Crippen LogP contribution is 2.52. The molecule has 0 bridgehead atoms. The topological polar surface area (TPSA) is 259 Å². The summed E-state index contributed by atoms with van der Waals surface area (Å²) < 4.78 is 244. The molecule has 0 saturated heterocycles. The van der Waals surface area contributed by atoms with E-state index in [9.17, 15) is 28.8 Å². The molecular weight excluding hydrogens is 1460 g/mol. The van der Waals surface area contributed by atoms with E-state index in [1.54, 1.807) is 50.2 Å². The number of hydrogen-bond donors (Lipinski definition) is 6. The molecule has 18 heteroatoms. The summed E-state index contributed by atoms with van der Waals surface area (Å²) in [4.78, 5) is 71.3. The van der Waals surface area contributed by atoms with Crippen LogP contribution in [0.3, 0.4) is 0 Å². The fourth-order valence-electron chi connectivity index (χ4n) is 15.6. The summed E-state index contributed by atoms with van der Waals surface area (Å²) in [5.74, 6) is -14.0. The predicted molar refractivity (Wildman–Crippen MR) is 435 cm³/mol. The third-order valence-electron chi connectivity index (χ3n) is 20.8. The molecule has 0 heterocycles. The Morgan fingerprint density at radius 1 is 0.346 bits per heavy atom. The fourth-order valence-corrected chi connectivity index (χ4v) is 16.8. The van der Waals surface area contributed by atoms with E-state index in [1.165, 1.54) is 0 Å². The smallest absolute Gasteiger partial charge is 0.224 e. The van der Waals surface area contributed by atoms with Gasteiger partial charge < -0.3 is 34.4 Å². The van der Waals surface area contributed by atoms with Gasteiger partial charge in [0.2, 0.25) is 35.4 Å². The minimum absolute atomic E-state index is 0.00795. The lowest BCUT2D eigenvalue weighted by Gasteiger charge is -2.22. The molecule has 12 aliphatic carbocycles. The Hall–Kier alpha value is -7.68. The first kappa shape index (κ1) is 48.1. The van der Waals surface area contributed by atoms with E-state index in [0.29, 0.717) is 130 Å². The summed E-state index contributed by atoms with van der Waals surface area (Å²) in [6, 6.07) is 14.2. The minimum Gasteiger partial charge on any atom is -0.369 e. The molecule has 12 nitrogen and oxygen atoms in total. The second kappa shape index (κ2) is 32.1. The maximum absolute atomic E-state index is 12.0. The van der Waals surface area contributed by atoms with Gasteiger partial charge in [0, 0.05) is 64.4 Å². The fraction of sp³-hybridized carbons (Fsp3) is 0.393. The molecule has 0 saturated carbocycles. The van der Waals surface area contributed by atoms with Crippen LogP contribution in [0.2, 0.25) is 30.1 Å². The first-order valence-corrected chi connectivity index (χ1v) is 36.5. The molecule has 6 amide bonds. The Bertz CT molecular complexity index is 6580. The predicted octanol–water partition coefficient (Wildman–Crippen LogP) is 19.2. The lowest BCUT2D eigenvalue weighted by molar-refractivity contribution is -0.121.